The summed E-state index contributed by atoms with van der Waals surface area (Å²) in [5, 5.41) is 0. The Kier molecular flexibility index (Phi) is 5.36. The molecule has 10 heteroatoms. The van der Waals surface area contributed by atoms with E-state index in [9.17, 15) is 21.6 Å². The molecule has 0 radical (unpaired) electrons. The first kappa shape index (κ1) is 17.5. The number of rotatable bonds is 4. The molecular formula is C12H13BrF3NO4S. The molecule has 0 spiro atoms. The quantitative estimate of drug-likeness (QED) is 0.839. The number of hydrogen-bond acceptors (Lipinski definition) is 4. The van der Waals surface area contributed by atoms with Crippen LogP contribution in [0.25, 0.3) is 0 Å². The summed E-state index contributed by atoms with van der Waals surface area (Å²) in [6.45, 7) is 0.801. The maximum atomic E-state index is 12.4. The number of sulfonamides is 1. The lowest BCUT2D eigenvalue weighted by Gasteiger charge is -2.23. The standard InChI is InChI=1S/C12H13BrF3NO4S/c13-8-1-2-10(21-12(14,15)16)11(7-8)22(18,19)17-9-3-5-20-6-4-9/h1-2,7,9,17H,3-6H2. The summed E-state index contributed by atoms with van der Waals surface area (Å²) in [4.78, 5) is -0.564. The smallest absolute Gasteiger partial charge is 0.404 e. The van der Waals surface area contributed by atoms with Crippen LogP contribution in [-0.2, 0) is 14.8 Å². The first-order valence-corrected chi connectivity index (χ1v) is 8.60. The van der Waals surface area contributed by atoms with Crippen molar-refractivity contribution in [3.8, 4) is 5.75 Å². The summed E-state index contributed by atoms with van der Waals surface area (Å²) >= 11 is 3.04. The van der Waals surface area contributed by atoms with Crippen LogP contribution in [0.1, 0.15) is 12.8 Å². The van der Waals surface area contributed by atoms with Crippen molar-refractivity contribution in [3.63, 3.8) is 0 Å². The van der Waals surface area contributed by atoms with Gasteiger partial charge in [-0.3, -0.25) is 0 Å². The molecule has 1 saturated heterocycles. The lowest BCUT2D eigenvalue weighted by Crippen LogP contribution is -2.39. The SMILES string of the molecule is O=S(=O)(NC1CCOCC1)c1cc(Br)ccc1OC(F)(F)F. The molecule has 124 valence electrons. The highest BCUT2D eigenvalue weighted by atomic mass is 79.9. The third-order valence-corrected chi connectivity index (χ3v) is 5.00. The van der Waals surface area contributed by atoms with Gasteiger partial charge in [-0.25, -0.2) is 13.1 Å². The van der Waals surface area contributed by atoms with E-state index < -0.39 is 27.0 Å². The van der Waals surface area contributed by atoms with Gasteiger partial charge in [-0.2, -0.15) is 0 Å². The molecule has 2 rings (SSSR count). The monoisotopic (exact) mass is 403 g/mol. The van der Waals surface area contributed by atoms with Crippen LogP contribution in [0.15, 0.2) is 27.6 Å². The second kappa shape index (κ2) is 6.73. The van der Waals surface area contributed by atoms with Gasteiger partial charge in [0.1, 0.15) is 10.6 Å². The van der Waals surface area contributed by atoms with Crippen LogP contribution in [0, 0.1) is 0 Å². The summed E-state index contributed by atoms with van der Waals surface area (Å²) in [6.07, 6.45) is -4.05. The summed E-state index contributed by atoms with van der Waals surface area (Å²) in [5.74, 6) is -0.768. The molecule has 0 saturated carbocycles. The van der Waals surface area contributed by atoms with Gasteiger partial charge in [0.05, 0.1) is 0 Å². The Balaban J connectivity index is 2.30. The summed E-state index contributed by atoms with van der Waals surface area (Å²) in [5.41, 5.74) is 0. The van der Waals surface area contributed by atoms with E-state index in [1.54, 1.807) is 0 Å². The number of ether oxygens (including phenoxy) is 2. The van der Waals surface area contributed by atoms with Gasteiger partial charge in [0.25, 0.3) is 0 Å². The van der Waals surface area contributed by atoms with Crippen molar-refractivity contribution >= 4 is 26.0 Å². The normalized spacial score (nSPS) is 17.5. The zero-order valence-electron chi connectivity index (χ0n) is 11.2. The lowest BCUT2D eigenvalue weighted by atomic mass is 10.1. The van der Waals surface area contributed by atoms with E-state index in [0.29, 0.717) is 30.5 Å². The van der Waals surface area contributed by atoms with E-state index in [1.807, 2.05) is 0 Å². The molecule has 1 fully saturated rings. The third kappa shape index (κ3) is 4.83. The topological polar surface area (TPSA) is 64.6 Å². The van der Waals surface area contributed by atoms with E-state index in [4.69, 9.17) is 4.74 Å². The molecule has 1 N–H and O–H groups in total. The molecule has 1 aliphatic heterocycles. The van der Waals surface area contributed by atoms with E-state index >= 15 is 0 Å². The lowest BCUT2D eigenvalue weighted by molar-refractivity contribution is -0.275. The highest BCUT2D eigenvalue weighted by molar-refractivity contribution is 9.10. The van der Waals surface area contributed by atoms with Crippen LogP contribution < -0.4 is 9.46 Å². The fraction of sp³-hybridized carbons (Fsp3) is 0.500. The van der Waals surface area contributed by atoms with Gasteiger partial charge in [-0.1, -0.05) is 15.9 Å². The van der Waals surface area contributed by atoms with Crippen molar-refractivity contribution in [1.29, 1.82) is 0 Å². The minimum absolute atomic E-state index is 0.328. The van der Waals surface area contributed by atoms with Crippen LogP contribution >= 0.6 is 15.9 Å². The summed E-state index contributed by atoms with van der Waals surface area (Å²) < 4.78 is 73.5. The van der Waals surface area contributed by atoms with E-state index in [1.165, 1.54) is 6.07 Å². The minimum Gasteiger partial charge on any atom is -0.404 e. The Hall–Kier alpha value is -0.840. The molecule has 1 aliphatic rings. The zero-order chi connectivity index (χ0) is 16.4. The van der Waals surface area contributed by atoms with E-state index in [0.717, 1.165) is 12.1 Å². The van der Waals surface area contributed by atoms with Crippen LogP contribution in [0.5, 0.6) is 5.75 Å². The molecule has 0 bridgehead atoms. The van der Waals surface area contributed by atoms with Crippen molar-refractivity contribution in [2.45, 2.75) is 30.1 Å². The highest BCUT2D eigenvalue weighted by Gasteiger charge is 2.34. The van der Waals surface area contributed by atoms with Crippen LogP contribution in [0.3, 0.4) is 0 Å². The molecule has 22 heavy (non-hydrogen) atoms. The largest absolute Gasteiger partial charge is 0.573 e. The minimum atomic E-state index is -4.98. The van der Waals surface area contributed by atoms with Crippen molar-refractivity contribution < 1.29 is 31.1 Å². The molecule has 1 heterocycles. The Morgan fingerprint density at radius 1 is 1.27 bits per heavy atom. The van der Waals surface area contributed by atoms with Gasteiger partial charge >= 0.3 is 6.36 Å². The zero-order valence-corrected chi connectivity index (χ0v) is 13.6. The van der Waals surface area contributed by atoms with Crippen molar-refractivity contribution in [2.24, 2.45) is 0 Å². The fourth-order valence-corrected chi connectivity index (χ4v) is 3.97. The molecule has 0 aliphatic carbocycles. The Labute approximate surface area is 134 Å². The molecule has 5 nitrogen and oxygen atoms in total. The molecule has 1 aromatic rings. The van der Waals surface area contributed by atoms with Crippen molar-refractivity contribution in [3.05, 3.63) is 22.7 Å². The van der Waals surface area contributed by atoms with Crippen LogP contribution in [-0.4, -0.2) is 34.0 Å². The van der Waals surface area contributed by atoms with E-state index in [-0.39, 0.29) is 6.04 Å². The molecule has 0 amide bonds. The molecular weight excluding hydrogens is 391 g/mol. The van der Waals surface area contributed by atoms with Crippen molar-refractivity contribution in [2.75, 3.05) is 13.2 Å². The average Bonchev–Trinajstić information content (AvgIpc) is 2.40. The second-order valence-corrected chi connectivity index (χ2v) is 7.24. The second-order valence-electron chi connectivity index (χ2n) is 4.65. The predicted molar refractivity (Wildman–Crippen MR) is 75.0 cm³/mol. The first-order chi connectivity index (χ1) is 10.2. The van der Waals surface area contributed by atoms with Crippen LogP contribution in [0.4, 0.5) is 13.2 Å². The Bertz CT molecular complexity index is 630. The van der Waals surface area contributed by atoms with Gasteiger partial charge in [0.2, 0.25) is 10.0 Å². The number of alkyl halides is 3. The van der Waals surface area contributed by atoms with E-state index in [2.05, 4.69) is 25.4 Å². The maximum absolute atomic E-state index is 12.4. The number of halogens is 4. The number of hydrogen-bond donors (Lipinski definition) is 1. The van der Waals surface area contributed by atoms with Gasteiger partial charge in [-0.15, -0.1) is 13.2 Å². The Morgan fingerprint density at radius 3 is 2.50 bits per heavy atom. The van der Waals surface area contributed by atoms with Crippen LogP contribution in [0.2, 0.25) is 0 Å². The van der Waals surface area contributed by atoms with Gasteiger partial charge < -0.3 is 9.47 Å². The third-order valence-electron chi connectivity index (χ3n) is 2.96. The molecule has 0 aromatic heterocycles. The predicted octanol–water partition coefficient (Wildman–Crippen LogP) is 2.81. The maximum Gasteiger partial charge on any atom is 0.573 e. The first-order valence-electron chi connectivity index (χ1n) is 6.33. The number of nitrogens with one attached hydrogen (secondary N) is 1. The average molecular weight is 404 g/mol. The number of benzene rings is 1. The Morgan fingerprint density at radius 2 is 1.91 bits per heavy atom. The summed E-state index contributed by atoms with van der Waals surface area (Å²) in [7, 11) is -4.15. The molecule has 0 unspecified atom stereocenters. The van der Waals surface area contributed by atoms with Gasteiger partial charge in [-0.05, 0) is 31.0 Å². The molecule has 0 atom stereocenters. The van der Waals surface area contributed by atoms with Gasteiger partial charge in [0.15, 0.2) is 0 Å². The highest BCUT2D eigenvalue weighted by Crippen LogP contribution is 2.32. The summed E-state index contributed by atoms with van der Waals surface area (Å²) in [6, 6.07) is 2.92. The van der Waals surface area contributed by atoms with Gasteiger partial charge in [0, 0.05) is 23.7 Å². The fourth-order valence-electron chi connectivity index (χ4n) is 2.00. The molecule has 1 aromatic carbocycles. The van der Waals surface area contributed by atoms with Crippen molar-refractivity contribution in [1.82, 2.24) is 4.72 Å².